The highest BCUT2D eigenvalue weighted by molar-refractivity contribution is 5.75. The van der Waals surface area contributed by atoms with E-state index in [0.29, 0.717) is 39.3 Å². The van der Waals surface area contributed by atoms with E-state index in [-0.39, 0.29) is 5.91 Å². The summed E-state index contributed by atoms with van der Waals surface area (Å²) in [5, 5.41) is 6.04. The minimum Gasteiger partial charge on any atom is -0.490 e. The number of hydrogen-bond donors (Lipinski definition) is 2. The van der Waals surface area contributed by atoms with Crippen LogP contribution < -0.4 is 20.1 Å². The summed E-state index contributed by atoms with van der Waals surface area (Å²) in [4.78, 5) is 11.3. The summed E-state index contributed by atoms with van der Waals surface area (Å²) in [6.45, 7) is 5.30. The van der Waals surface area contributed by atoms with Crippen LogP contribution in [0.3, 0.4) is 0 Å². The Hall–Kier alpha value is -1.75. The highest BCUT2D eigenvalue weighted by Crippen LogP contribution is 2.32. The van der Waals surface area contributed by atoms with Gasteiger partial charge in [0, 0.05) is 38.0 Å². The zero-order valence-electron chi connectivity index (χ0n) is 11.9. The zero-order chi connectivity index (χ0) is 14.2. The normalized spacial score (nSPS) is 13.7. The van der Waals surface area contributed by atoms with Crippen molar-refractivity contribution in [2.75, 3.05) is 26.3 Å². The van der Waals surface area contributed by atoms with E-state index in [1.165, 1.54) is 0 Å². The first-order chi connectivity index (χ1) is 9.81. The predicted octanol–water partition coefficient (Wildman–Crippen LogP) is 1.46. The molecule has 0 saturated carbocycles. The number of nitrogens with one attached hydrogen (secondary N) is 2. The van der Waals surface area contributed by atoms with Crippen LogP contribution in [0.25, 0.3) is 0 Å². The van der Waals surface area contributed by atoms with E-state index >= 15 is 0 Å². The Bertz CT molecular complexity index is 449. The van der Waals surface area contributed by atoms with Crippen molar-refractivity contribution in [2.45, 2.75) is 26.3 Å². The van der Waals surface area contributed by atoms with Crippen LogP contribution in [-0.2, 0) is 11.3 Å². The number of carbonyl (C=O) groups excluding carboxylic acids is 1. The lowest BCUT2D eigenvalue weighted by molar-refractivity contribution is -0.120. The van der Waals surface area contributed by atoms with E-state index in [1.54, 1.807) is 0 Å². The van der Waals surface area contributed by atoms with Gasteiger partial charge in [-0.3, -0.25) is 4.79 Å². The van der Waals surface area contributed by atoms with Crippen molar-refractivity contribution in [3.05, 3.63) is 23.8 Å². The fourth-order valence-electron chi connectivity index (χ4n) is 2.10. The zero-order valence-corrected chi connectivity index (χ0v) is 11.9. The van der Waals surface area contributed by atoms with Gasteiger partial charge in [0.05, 0.1) is 13.2 Å². The second-order valence-corrected chi connectivity index (χ2v) is 4.68. The Morgan fingerprint density at radius 3 is 3.00 bits per heavy atom. The van der Waals surface area contributed by atoms with E-state index in [2.05, 4.69) is 10.6 Å². The predicted molar refractivity (Wildman–Crippen MR) is 77.1 cm³/mol. The molecule has 5 heteroatoms. The molecule has 5 nitrogen and oxygen atoms in total. The number of para-hydroxylation sites is 1. The molecule has 0 aromatic heterocycles. The molecular weight excluding hydrogens is 256 g/mol. The van der Waals surface area contributed by atoms with E-state index in [0.717, 1.165) is 23.5 Å². The molecular formula is C15H22N2O3. The number of rotatable bonds is 6. The Labute approximate surface area is 119 Å². The lowest BCUT2D eigenvalue weighted by atomic mass is 10.2. The van der Waals surface area contributed by atoms with Crippen LogP contribution >= 0.6 is 0 Å². The molecule has 1 heterocycles. The Morgan fingerprint density at radius 1 is 1.30 bits per heavy atom. The molecule has 0 fully saturated rings. The molecule has 2 N–H and O–H groups in total. The molecule has 0 saturated heterocycles. The summed E-state index contributed by atoms with van der Waals surface area (Å²) < 4.78 is 11.4. The molecule has 1 aromatic rings. The van der Waals surface area contributed by atoms with Crippen LogP contribution in [0.15, 0.2) is 18.2 Å². The lowest BCUT2D eigenvalue weighted by Gasteiger charge is -2.13. The standard InChI is InChI=1S/C15H22N2O3/c1-2-17-14(18)7-8-16-11-12-5-3-6-13-15(12)20-10-4-9-19-13/h3,5-6,16H,2,4,7-11H2,1H3,(H,17,18). The van der Waals surface area contributed by atoms with E-state index in [9.17, 15) is 4.79 Å². The minimum absolute atomic E-state index is 0.0754. The topological polar surface area (TPSA) is 59.6 Å². The first-order valence-electron chi connectivity index (χ1n) is 7.16. The maximum Gasteiger partial charge on any atom is 0.221 e. The maximum atomic E-state index is 11.3. The summed E-state index contributed by atoms with van der Waals surface area (Å²) in [5.74, 6) is 1.72. The van der Waals surface area contributed by atoms with Gasteiger partial charge in [-0.1, -0.05) is 12.1 Å². The van der Waals surface area contributed by atoms with E-state index in [1.807, 2.05) is 25.1 Å². The van der Waals surface area contributed by atoms with Crippen LogP contribution in [-0.4, -0.2) is 32.2 Å². The van der Waals surface area contributed by atoms with Gasteiger partial charge in [0.2, 0.25) is 5.91 Å². The summed E-state index contributed by atoms with van der Waals surface area (Å²) >= 11 is 0. The fourth-order valence-corrected chi connectivity index (χ4v) is 2.10. The van der Waals surface area contributed by atoms with Crippen molar-refractivity contribution in [2.24, 2.45) is 0 Å². The quantitative estimate of drug-likeness (QED) is 0.774. The largest absolute Gasteiger partial charge is 0.490 e. The molecule has 0 aliphatic carbocycles. The third kappa shape index (κ3) is 4.13. The molecule has 0 atom stereocenters. The van der Waals surface area contributed by atoms with Gasteiger partial charge in [-0.2, -0.15) is 0 Å². The molecule has 2 rings (SSSR count). The van der Waals surface area contributed by atoms with Crippen molar-refractivity contribution in [3.8, 4) is 11.5 Å². The van der Waals surface area contributed by atoms with Crippen LogP contribution in [0.4, 0.5) is 0 Å². The van der Waals surface area contributed by atoms with Gasteiger partial charge in [0.15, 0.2) is 11.5 Å². The van der Waals surface area contributed by atoms with Crippen molar-refractivity contribution < 1.29 is 14.3 Å². The Morgan fingerprint density at radius 2 is 2.15 bits per heavy atom. The van der Waals surface area contributed by atoms with Gasteiger partial charge in [0.1, 0.15) is 0 Å². The molecule has 110 valence electrons. The average molecular weight is 278 g/mol. The number of carbonyl (C=O) groups is 1. The number of ether oxygens (including phenoxy) is 2. The lowest BCUT2D eigenvalue weighted by Crippen LogP contribution is -2.27. The smallest absolute Gasteiger partial charge is 0.221 e. The SMILES string of the molecule is CCNC(=O)CCNCc1cccc2c1OCCCO2. The maximum absolute atomic E-state index is 11.3. The highest BCUT2D eigenvalue weighted by Gasteiger charge is 2.13. The van der Waals surface area contributed by atoms with Crippen molar-refractivity contribution in [1.82, 2.24) is 10.6 Å². The van der Waals surface area contributed by atoms with Crippen molar-refractivity contribution >= 4 is 5.91 Å². The monoisotopic (exact) mass is 278 g/mol. The molecule has 1 aliphatic heterocycles. The first-order valence-corrected chi connectivity index (χ1v) is 7.16. The third-order valence-corrected chi connectivity index (χ3v) is 3.07. The van der Waals surface area contributed by atoms with Crippen molar-refractivity contribution in [1.29, 1.82) is 0 Å². The molecule has 0 bridgehead atoms. The van der Waals surface area contributed by atoms with Crippen LogP contribution in [0.5, 0.6) is 11.5 Å². The second-order valence-electron chi connectivity index (χ2n) is 4.68. The molecule has 0 spiro atoms. The molecule has 1 aromatic carbocycles. The van der Waals surface area contributed by atoms with Gasteiger partial charge in [-0.25, -0.2) is 0 Å². The third-order valence-electron chi connectivity index (χ3n) is 3.07. The Kier molecular flexibility index (Phi) is 5.68. The van der Waals surface area contributed by atoms with Crippen LogP contribution in [0.1, 0.15) is 25.3 Å². The summed E-state index contributed by atoms with van der Waals surface area (Å²) in [5.41, 5.74) is 1.07. The molecule has 20 heavy (non-hydrogen) atoms. The molecule has 0 radical (unpaired) electrons. The van der Waals surface area contributed by atoms with Gasteiger partial charge < -0.3 is 20.1 Å². The molecule has 1 amide bonds. The van der Waals surface area contributed by atoms with Crippen molar-refractivity contribution in [3.63, 3.8) is 0 Å². The summed E-state index contributed by atoms with van der Waals surface area (Å²) in [6, 6.07) is 5.92. The number of fused-ring (bicyclic) bond motifs is 1. The van der Waals surface area contributed by atoms with Crippen LogP contribution in [0, 0.1) is 0 Å². The van der Waals surface area contributed by atoms with Gasteiger partial charge in [-0.05, 0) is 13.0 Å². The number of benzene rings is 1. The number of amides is 1. The Balaban J connectivity index is 1.85. The molecule has 1 aliphatic rings. The van der Waals surface area contributed by atoms with E-state index in [4.69, 9.17) is 9.47 Å². The second kappa shape index (κ2) is 7.75. The van der Waals surface area contributed by atoms with E-state index < -0.39 is 0 Å². The van der Waals surface area contributed by atoms with Gasteiger partial charge >= 0.3 is 0 Å². The number of hydrogen-bond acceptors (Lipinski definition) is 4. The summed E-state index contributed by atoms with van der Waals surface area (Å²) in [6.07, 6.45) is 1.39. The minimum atomic E-state index is 0.0754. The highest BCUT2D eigenvalue weighted by atomic mass is 16.5. The fraction of sp³-hybridized carbons (Fsp3) is 0.533. The van der Waals surface area contributed by atoms with Crippen LogP contribution in [0.2, 0.25) is 0 Å². The van der Waals surface area contributed by atoms with Gasteiger partial charge in [-0.15, -0.1) is 0 Å². The average Bonchev–Trinajstić information content (AvgIpc) is 2.69. The van der Waals surface area contributed by atoms with Gasteiger partial charge in [0.25, 0.3) is 0 Å². The first kappa shape index (κ1) is 14.7. The summed E-state index contributed by atoms with van der Waals surface area (Å²) in [7, 11) is 0. The molecule has 0 unspecified atom stereocenters.